The normalized spacial score (nSPS) is 23.7. The molecule has 4 aliphatic carbocycles. The van der Waals surface area contributed by atoms with Gasteiger partial charge in [0.1, 0.15) is 24.4 Å². The Kier molecular flexibility index (Phi) is 16.1. The molecule has 71 heavy (non-hydrogen) atoms. The fourth-order valence-corrected chi connectivity index (χ4v) is 11.2. The number of fused-ring (bicyclic) bond motifs is 3. The van der Waals surface area contributed by atoms with Gasteiger partial charge in [-0.2, -0.15) is 19.9 Å². The first-order valence-electron chi connectivity index (χ1n) is 24.9. The van der Waals surface area contributed by atoms with E-state index in [9.17, 15) is 19.7 Å². The topological polar surface area (TPSA) is 234 Å². The predicted octanol–water partition coefficient (Wildman–Crippen LogP) is 7.37. The Hall–Kier alpha value is -6.34. The van der Waals surface area contributed by atoms with Crippen molar-refractivity contribution in [1.29, 1.82) is 0 Å². The van der Waals surface area contributed by atoms with Crippen LogP contribution in [0.5, 0.6) is 12.0 Å². The van der Waals surface area contributed by atoms with Gasteiger partial charge in [-0.3, -0.25) is 29.5 Å². The van der Waals surface area contributed by atoms with Crippen molar-refractivity contribution in [3.8, 4) is 12.0 Å². The van der Waals surface area contributed by atoms with Crippen LogP contribution >= 0.6 is 0 Å². The fourth-order valence-electron chi connectivity index (χ4n) is 11.2. The van der Waals surface area contributed by atoms with E-state index in [2.05, 4.69) is 71.5 Å². The van der Waals surface area contributed by atoms with Crippen LogP contribution in [0.25, 0.3) is 0 Å². The summed E-state index contributed by atoms with van der Waals surface area (Å²) in [5.74, 6) is 2.96. The molecule has 2 saturated heterocycles. The van der Waals surface area contributed by atoms with Crippen LogP contribution in [0.3, 0.4) is 0 Å². The molecule has 0 spiro atoms. The summed E-state index contributed by atoms with van der Waals surface area (Å²) in [5.41, 5.74) is 16.8. The molecule has 3 aliphatic heterocycles. The minimum absolute atomic E-state index is 0. The third kappa shape index (κ3) is 12.6. The lowest BCUT2D eigenvalue weighted by atomic mass is 10.1. The largest absolute Gasteiger partial charge is 0.465 e. The molecule has 1 amide bonds. The number of benzene rings is 2. The van der Waals surface area contributed by atoms with Crippen LogP contribution < -0.4 is 36.1 Å². The van der Waals surface area contributed by atoms with Gasteiger partial charge in [-0.15, -0.1) is 0 Å². The Morgan fingerprint density at radius 3 is 1.80 bits per heavy atom. The number of nitrogens with one attached hydrogen (secondary N) is 1. The second-order valence-electron chi connectivity index (χ2n) is 20.0. The van der Waals surface area contributed by atoms with Crippen LogP contribution in [-0.2, 0) is 40.5 Å². The van der Waals surface area contributed by atoms with Crippen LogP contribution in [0.2, 0.25) is 0 Å². The average molecular weight is 977 g/mol. The van der Waals surface area contributed by atoms with Gasteiger partial charge in [0.2, 0.25) is 17.5 Å². The summed E-state index contributed by atoms with van der Waals surface area (Å²) >= 11 is 0. The number of carbonyl (C=O) groups excluding carboxylic acids is 2. The Morgan fingerprint density at radius 2 is 1.25 bits per heavy atom. The van der Waals surface area contributed by atoms with Crippen LogP contribution in [0.4, 0.5) is 34.6 Å². The molecule has 2 unspecified atom stereocenters. The third-order valence-corrected chi connectivity index (χ3v) is 14.7. The number of amides is 1. The van der Waals surface area contributed by atoms with Gasteiger partial charge in [0, 0.05) is 26.2 Å². The summed E-state index contributed by atoms with van der Waals surface area (Å²) < 4.78 is 17.3. The van der Waals surface area contributed by atoms with Gasteiger partial charge >= 0.3 is 23.7 Å². The zero-order valence-electron chi connectivity index (χ0n) is 39.5. The zero-order chi connectivity index (χ0) is 47.6. The van der Waals surface area contributed by atoms with Crippen molar-refractivity contribution < 1.29 is 28.7 Å². The Balaban J connectivity index is 0.000000187. The highest BCUT2D eigenvalue weighted by atomic mass is 16.6. The molecule has 2 aromatic carbocycles. The van der Waals surface area contributed by atoms with Gasteiger partial charge in [0.05, 0.1) is 18.1 Å². The Bertz CT molecular complexity index is 2520. The SMILES string of the molecule is C.C.CCOC(=O)CN(Cc1cccc(CN2CCCC2)c1)c1nc(OC2C[C@@H]3C[C@@H]3C2)nc(N)c1[N+](=O)[O-].Nc1nc(OC2C[C@@H]3C[C@@H]3C2)nc2c1NC(=O)CN2Cc1cccc(CN2CCCC2)c1. The second-order valence-corrected chi connectivity index (χ2v) is 20.0. The van der Waals surface area contributed by atoms with E-state index < -0.39 is 16.6 Å². The number of likely N-dealkylation sites (tertiary alicyclic amines) is 2. The maximum Gasteiger partial charge on any atom is 0.353 e. The lowest BCUT2D eigenvalue weighted by Gasteiger charge is -2.30. The molecule has 7 aliphatic rings. The summed E-state index contributed by atoms with van der Waals surface area (Å²) in [7, 11) is 0. The number of nitrogen functional groups attached to an aromatic ring is 2. The Morgan fingerprint density at radius 1 is 0.746 bits per heavy atom. The van der Waals surface area contributed by atoms with Gasteiger partial charge in [-0.25, -0.2) is 0 Å². The molecule has 11 rings (SSSR count). The number of anilines is 5. The van der Waals surface area contributed by atoms with Crippen molar-refractivity contribution in [2.24, 2.45) is 23.7 Å². The molecule has 6 fully saturated rings. The molecule has 6 atom stereocenters. The molecule has 4 aromatic rings. The van der Waals surface area contributed by atoms with Crippen molar-refractivity contribution in [3.63, 3.8) is 0 Å². The lowest BCUT2D eigenvalue weighted by Crippen LogP contribution is -2.39. The van der Waals surface area contributed by atoms with Crippen molar-refractivity contribution in [1.82, 2.24) is 29.7 Å². The number of nitrogens with zero attached hydrogens (tertiary/aromatic N) is 9. The summed E-state index contributed by atoms with van der Waals surface area (Å²) in [6.07, 6.45) is 11.7. The first-order chi connectivity index (χ1) is 33.5. The average Bonchev–Trinajstić information content (AvgIpc) is 3.78. The smallest absolute Gasteiger partial charge is 0.353 e. The van der Waals surface area contributed by atoms with Crippen LogP contribution in [0.15, 0.2) is 48.5 Å². The van der Waals surface area contributed by atoms with E-state index in [4.69, 9.17) is 25.7 Å². The van der Waals surface area contributed by atoms with E-state index in [0.717, 1.165) is 80.4 Å². The maximum absolute atomic E-state index is 12.5. The highest BCUT2D eigenvalue weighted by Gasteiger charge is 2.48. The number of rotatable bonds is 17. The summed E-state index contributed by atoms with van der Waals surface area (Å²) in [4.78, 5) is 62.3. The summed E-state index contributed by atoms with van der Waals surface area (Å²) in [6, 6.07) is 17.0. The molecule has 19 nitrogen and oxygen atoms in total. The number of ether oxygens (including phenoxy) is 3. The third-order valence-electron chi connectivity index (χ3n) is 14.7. The summed E-state index contributed by atoms with van der Waals surface area (Å²) in [5, 5.41) is 14.9. The van der Waals surface area contributed by atoms with Gasteiger partial charge < -0.3 is 40.8 Å². The monoisotopic (exact) mass is 977 g/mol. The maximum atomic E-state index is 12.5. The number of nitrogens with two attached hydrogens (primary N) is 2. The van der Waals surface area contributed by atoms with E-state index in [-0.39, 0.29) is 82.7 Å². The highest BCUT2D eigenvalue weighted by molar-refractivity contribution is 6.03. The fraction of sp³-hybridized carbons (Fsp3) is 0.577. The van der Waals surface area contributed by atoms with Crippen LogP contribution in [0, 0.1) is 33.8 Å². The Labute approximate surface area is 417 Å². The van der Waals surface area contributed by atoms with Crippen LogP contribution in [0.1, 0.15) is 108 Å². The first-order valence-corrected chi connectivity index (χ1v) is 24.9. The van der Waals surface area contributed by atoms with E-state index in [1.54, 1.807) is 6.92 Å². The minimum atomic E-state index is -0.610. The number of esters is 1. The first kappa shape index (κ1) is 51.0. The van der Waals surface area contributed by atoms with Gasteiger partial charge in [-0.05, 0) is 143 Å². The molecule has 5 N–H and O–H groups in total. The molecular formula is C52H72N12O7. The lowest BCUT2D eigenvalue weighted by molar-refractivity contribution is -0.383. The van der Waals surface area contributed by atoms with E-state index in [0.29, 0.717) is 35.9 Å². The molecule has 4 saturated carbocycles. The van der Waals surface area contributed by atoms with Crippen LogP contribution in [-0.4, -0.2) is 105 Å². The molecular weight excluding hydrogens is 905 g/mol. The quantitative estimate of drug-likeness (QED) is 0.0532. The zero-order valence-corrected chi connectivity index (χ0v) is 39.5. The number of carbonyl (C=O) groups is 2. The molecule has 5 heterocycles. The standard InChI is InChI=1S/C26H34N6O5.C24H30N6O2.2CH4/c1-2-36-22(33)16-31(15-18-7-5-6-17(10-18)14-30-8-3-4-9-30)25-23(32(34)35)24(27)28-26(29-25)37-21-12-19-11-20(19)13-21;25-22-21-23(28-24(27-22)32-19-10-17-9-18(17)11-19)30(14-20(31)26-21)13-16-5-3-4-15(8-16)12-29-6-1-2-7-29;;/h5-7,10,19-21H,2-4,8-9,11-16H2,1H3,(H2,27,28,29);3-5,8,17-19H,1-2,6-7,9-14H2,(H,26,31)(H2,25,27,28);2*1H4/t19-,20+,21?;17-,18+,19?;;. The van der Waals surface area contributed by atoms with Crippen molar-refractivity contribution in [3.05, 3.63) is 80.9 Å². The highest BCUT2D eigenvalue weighted by Crippen LogP contribution is 2.53. The minimum Gasteiger partial charge on any atom is -0.465 e. The molecule has 2 aromatic heterocycles. The number of hydrogen-bond acceptors (Lipinski definition) is 17. The molecule has 0 bridgehead atoms. The van der Waals surface area contributed by atoms with Crippen molar-refractivity contribution in [2.45, 2.75) is 124 Å². The second kappa shape index (κ2) is 22.4. The van der Waals surface area contributed by atoms with Crippen molar-refractivity contribution >= 4 is 46.5 Å². The van der Waals surface area contributed by atoms with Gasteiger partial charge in [0.15, 0.2) is 11.6 Å². The summed E-state index contributed by atoms with van der Waals surface area (Å²) in [6.45, 7) is 9.02. The van der Waals surface area contributed by atoms with E-state index in [1.165, 1.54) is 62.1 Å². The van der Waals surface area contributed by atoms with E-state index >= 15 is 0 Å². The number of aromatic nitrogens is 4. The number of nitro groups is 1. The number of hydrogen-bond donors (Lipinski definition) is 3. The molecule has 0 radical (unpaired) electrons. The van der Waals surface area contributed by atoms with Crippen molar-refractivity contribution in [2.75, 3.05) is 72.5 Å². The van der Waals surface area contributed by atoms with E-state index in [1.807, 2.05) is 17.0 Å². The predicted molar refractivity (Wildman–Crippen MR) is 273 cm³/mol. The van der Waals surface area contributed by atoms with Gasteiger partial charge in [0.25, 0.3) is 0 Å². The molecule has 382 valence electrons. The molecule has 19 heteroatoms. The van der Waals surface area contributed by atoms with Gasteiger partial charge in [-0.1, -0.05) is 63.4 Å².